The first kappa shape index (κ1) is 13.9. The molecule has 1 rings (SSSR count). The Hall–Kier alpha value is -0.120. The molecule has 0 radical (unpaired) electrons. The molecule has 3 heteroatoms. The highest BCUT2D eigenvalue weighted by atomic mass is 16.3. The number of aliphatic hydroxyl groups is 3. The summed E-state index contributed by atoms with van der Waals surface area (Å²) in [6.07, 6.45) is 2.42. The van der Waals surface area contributed by atoms with E-state index in [4.69, 9.17) is 5.11 Å². The average Bonchev–Trinajstić information content (AvgIpc) is 2.15. The van der Waals surface area contributed by atoms with Crippen LogP contribution in [0.2, 0.25) is 0 Å². The van der Waals surface area contributed by atoms with E-state index in [2.05, 4.69) is 20.8 Å². The van der Waals surface area contributed by atoms with Crippen LogP contribution in [0.25, 0.3) is 0 Å². The molecule has 0 aromatic carbocycles. The Bertz CT molecular complexity index is 217. The quantitative estimate of drug-likeness (QED) is 0.687. The number of hydrogen-bond acceptors (Lipinski definition) is 3. The molecule has 0 spiro atoms. The molecule has 0 heterocycles. The van der Waals surface area contributed by atoms with E-state index in [0.29, 0.717) is 18.3 Å². The van der Waals surface area contributed by atoms with Gasteiger partial charge in [-0.1, -0.05) is 27.2 Å². The Morgan fingerprint density at radius 1 is 1.31 bits per heavy atom. The standard InChI is InChI=1S/C13H26O3/c1-9(2)12-5-4-10(3)6-13(12,16)7-11(15)8-14/h9-12,14-16H,4-8H2,1-3H3. The molecule has 1 saturated carbocycles. The first-order chi connectivity index (χ1) is 7.39. The highest BCUT2D eigenvalue weighted by Gasteiger charge is 2.43. The monoisotopic (exact) mass is 230 g/mol. The van der Waals surface area contributed by atoms with E-state index < -0.39 is 11.7 Å². The topological polar surface area (TPSA) is 60.7 Å². The molecule has 0 aliphatic heterocycles. The Balaban J connectivity index is 2.75. The van der Waals surface area contributed by atoms with Crippen molar-refractivity contribution in [2.45, 2.75) is 58.2 Å². The molecule has 0 aromatic rings. The van der Waals surface area contributed by atoms with E-state index in [9.17, 15) is 10.2 Å². The van der Waals surface area contributed by atoms with Crippen LogP contribution < -0.4 is 0 Å². The van der Waals surface area contributed by atoms with Gasteiger partial charge in [0.2, 0.25) is 0 Å². The first-order valence-electron chi connectivity index (χ1n) is 6.40. The maximum atomic E-state index is 10.7. The van der Waals surface area contributed by atoms with Crippen LogP contribution in [0.1, 0.15) is 46.5 Å². The fourth-order valence-corrected chi connectivity index (χ4v) is 3.25. The van der Waals surface area contributed by atoms with Gasteiger partial charge in [0.05, 0.1) is 18.3 Å². The third-order valence-corrected chi connectivity index (χ3v) is 3.97. The van der Waals surface area contributed by atoms with E-state index in [1.165, 1.54) is 0 Å². The second-order valence-corrected chi connectivity index (χ2v) is 5.88. The predicted octanol–water partition coefficient (Wildman–Crippen LogP) is 1.55. The zero-order valence-corrected chi connectivity index (χ0v) is 10.7. The van der Waals surface area contributed by atoms with Crippen molar-refractivity contribution in [1.29, 1.82) is 0 Å². The summed E-state index contributed by atoms with van der Waals surface area (Å²) in [5.41, 5.74) is -0.798. The second-order valence-electron chi connectivity index (χ2n) is 5.88. The zero-order valence-electron chi connectivity index (χ0n) is 10.7. The summed E-state index contributed by atoms with van der Waals surface area (Å²) in [5.74, 6) is 1.17. The van der Waals surface area contributed by atoms with E-state index in [1.54, 1.807) is 0 Å². The molecular weight excluding hydrogens is 204 g/mol. The Labute approximate surface area is 98.5 Å². The summed E-state index contributed by atoms with van der Waals surface area (Å²) in [5, 5.41) is 29.2. The molecule has 0 saturated heterocycles. The van der Waals surface area contributed by atoms with E-state index in [-0.39, 0.29) is 12.5 Å². The Kier molecular flexibility index (Phi) is 4.77. The van der Waals surface area contributed by atoms with Crippen LogP contribution in [0.4, 0.5) is 0 Å². The number of hydrogen-bond donors (Lipinski definition) is 3. The van der Waals surface area contributed by atoms with Crippen LogP contribution in [-0.2, 0) is 0 Å². The molecule has 4 atom stereocenters. The molecule has 3 N–H and O–H groups in total. The maximum absolute atomic E-state index is 10.7. The Morgan fingerprint density at radius 3 is 2.44 bits per heavy atom. The van der Waals surface area contributed by atoms with Gasteiger partial charge in [-0.25, -0.2) is 0 Å². The van der Waals surface area contributed by atoms with Crippen LogP contribution in [0.15, 0.2) is 0 Å². The van der Waals surface area contributed by atoms with Crippen molar-refractivity contribution in [2.75, 3.05) is 6.61 Å². The van der Waals surface area contributed by atoms with Crippen LogP contribution >= 0.6 is 0 Å². The number of rotatable bonds is 4. The predicted molar refractivity (Wildman–Crippen MR) is 64.0 cm³/mol. The SMILES string of the molecule is CC1CCC(C(C)C)C(O)(CC(O)CO)C1. The lowest BCUT2D eigenvalue weighted by molar-refractivity contribution is -0.111. The van der Waals surface area contributed by atoms with Crippen molar-refractivity contribution < 1.29 is 15.3 Å². The van der Waals surface area contributed by atoms with Crippen molar-refractivity contribution in [3.05, 3.63) is 0 Å². The van der Waals surface area contributed by atoms with Gasteiger partial charge in [0.15, 0.2) is 0 Å². The summed E-state index contributed by atoms with van der Waals surface area (Å²) >= 11 is 0. The van der Waals surface area contributed by atoms with Gasteiger partial charge in [-0.15, -0.1) is 0 Å². The fraction of sp³-hybridized carbons (Fsp3) is 1.00. The van der Waals surface area contributed by atoms with Gasteiger partial charge in [-0.3, -0.25) is 0 Å². The van der Waals surface area contributed by atoms with E-state index in [1.807, 2.05) is 0 Å². The zero-order chi connectivity index (χ0) is 12.3. The van der Waals surface area contributed by atoms with E-state index in [0.717, 1.165) is 19.3 Å². The van der Waals surface area contributed by atoms with Crippen LogP contribution in [0.3, 0.4) is 0 Å². The summed E-state index contributed by atoms with van der Waals surface area (Å²) in [6.45, 7) is 6.13. The molecular formula is C13H26O3. The molecule has 0 aromatic heterocycles. The minimum atomic E-state index is -0.798. The Morgan fingerprint density at radius 2 is 1.94 bits per heavy atom. The van der Waals surface area contributed by atoms with Gasteiger partial charge >= 0.3 is 0 Å². The molecule has 1 fully saturated rings. The van der Waals surface area contributed by atoms with Crippen molar-refractivity contribution in [3.8, 4) is 0 Å². The summed E-state index contributed by atoms with van der Waals surface area (Å²) < 4.78 is 0. The minimum Gasteiger partial charge on any atom is -0.394 e. The van der Waals surface area contributed by atoms with Crippen molar-refractivity contribution in [3.63, 3.8) is 0 Å². The van der Waals surface area contributed by atoms with Crippen LogP contribution in [-0.4, -0.2) is 33.6 Å². The molecule has 3 nitrogen and oxygen atoms in total. The third-order valence-electron chi connectivity index (χ3n) is 3.97. The highest BCUT2D eigenvalue weighted by molar-refractivity contribution is 4.94. The molecule has 0 amide bonds. The van der Waals surface area contributed by atoms with Crippen molar-refractivity contribution in [2.24, 2.45) is 17.8 Å². The molecule has 4 unspecified atom stereocenters. The van der Waals surface area contributed by atoms with E-state index >= 15 is 0 Å². The second kappa shape index (κ2) is 5.48. The highest BCUT2D eigenvalue weighted by Crippen LogP contribution is 2.43. The van der Waals surface area contributed by atoms with Crippen molar-refractivity contribution >= 4 is 0 Å². The van der Waals surface area contributed by atoms with Crippen LogP contribution in [0, 0.1) is 17.8 Å². The van der Waals surface area contributed by atoms with Crippen molar-refractivity contribution in [1.82, 2.24) is 0 Å². The maximum Gasteiger partial charge on any atom is 0.0798 e. The summed E-state index contributed by atoms with van der Waals surface area (Å²) in [6, 6.07) is 0. The van der Waals surface area contributed by atoms with Gasteiger partial charge in [-0.2, -0.15) is 0 Å². The van der Waals surface area contributed by atoms with Gasteiger partial charge in [0, 0.05) is 6.42 Å². The van der Waals surface area contributed by atoms with Gasteiger partial charge in [-0.05, 0) is 30.6 Å². The first-order valence-corrected chi connectivity index (χ1v) is 6.40. The lowest BCUT2D eigenvalue weighted by Gasteiger charge is -2.45. The lowest BCUT2D eigenvalue weighted by Crippen LogP contribution is -2.48. The largest absolute Gasteiger partial charge is 0.394 e. The molecule has 16 heavy (non-hydrogen) atoms. The van der Waals surface area contributed by atoms with Gasteiger partial charge in [0.25, 0.3) is 0 Å². The van der Waals surface area contributed by atoms with Crippen LogP contribution in [0.5, 0.6) is 0 Å². The third kappa shape index (κ3) is 3.19. The van der Waals surface area contributed by atoms with Gasteiger partial charge in [0.1, 0.15) is 0 Å². The molecule has 0 bridgehead atoms. The van der Waals surface area contributed by atoms with Gasteiger partial charge < -0.3 is 15.3 Å². The average molecular weight is 230 g/mol. The smallest absolute Gasteiger partial charge is 0.0798 e. The molecule has 1 aliphatic rings. The summed E-state index contributed by atoms with van der Waals surface area (Å²) in [4.78, 5) is 0. The minimum absolute atomic E-state index is 0.241. The summed E-state index contributed by atoms with van der Waals surface area (Å²) in [7, 11) is 0. The fourth-order valence-electron chi connectivity index (χ4n) is 3.25. The molecule has 96 valence electrons. The number of aliphatic hydroxyl groups excluding tert-OH is 2. The normalized spacial score (nSPS) is 37.7. The molecule has 1 aliphatic carbocycles. The lowest BCUT2D eigenvalue weighted by atomic mass is 9.65.